The van der Waals surface area contributed by atoms with Gasteiger partial charge in [0.1, 0.15) is 4.21 Å². The van der Waals surface area contributed by atoms with Crippen LogP contribution in [-0.2, 0) is 14.8 Å². The van der Waals surface area contributed by atoms with Gasteiger partial charge in [0.15, 0.2) is 5.17 Å². The maximum atomic E-state index is 13.0. The Bertz CT molecular complexity index is 985. The molecule has 1 aromatic heterocycles. The summed E-state index contributed by atoms with van der Waals surface area (Å²) in [5.74, 6) is 0.937. The summed E-state index contributed by atoms with van der Waals surface area (Å²) in [7, 11) is -2.23. The van der Waals surface area contributed by atoms with E-state index < -0.39 is 10.0 Å². The van der Waals surface area contributed by atoms with E-state index in [0.29, 0.717) is 17.6 Å². The number of nitrogens with zero attached hydrogens (tertiary/aromatic N) is 3. The van der Waals surface area contributed by atoms with Crippen molar-refractivity contribution in [2.75, 3.05) is 25.9 Å². The molecule has 2 heterocycles. The van der Waals surface area contributed by atoms with Gasteiger partial charge in [0, 0.05) is 19.3 Å². The highest BCUT2D eigenvalue weighted by molar-refractivity contribution is 8.13. The van der Waals surface area contributed by atoms with Gasteiger partial charge >= 0.3 is 0 Å². The number of para-hydroxylation sites is 1. The summed E-state index contributed by atoms with van der Waals surface area (Å²) in [6, 6.07) is 11.2. The minimum atomic E-state index is -3.67. The van der Waals surface area contributed by atoms with E-state index in [-0.39, 0.29) is 16.7 Å². The van der Waals surface area contributed by atoms with Gasteiger partial charge in [-0.1, -0.05) is 49.9 Å². The lowest BCUT2D eigenvalue weighted by molar-refractivity contribution is -0.127. The highest BCUT2D eigenvalue weighted by Gasteiger charge is 2.29. The molecule has 0 bridgehead atoms. The molecule has 9 heteroatoms. The number of thiophene rings is 1. The third-order valence-corrected chi connectivity index (χ3v) is 8.82. The lowest BCUT2D eigenvalue weighted by Gasteiger charge is -2.29. The van der Waals surface area contributed by atoms with Crippen molar-refractivity contribution in [2.45, 2.75) is 30.4 Å². The Kier molecular flexibility index (Phi) is 7.15. The molecule has 2 aromatic rings. The molecule has 0 atom stereocenters. The fourth-order valence-corrected chi connectivity index (χ4v) is 6.28. The molecule has 0 aliphatic carbocycles. The van der Waals surface area contributed by atoms with Crippen LogP contribution >= 0.6 is 23.1 Å². The van der Waals surface area contributed by atoms with Crippen LogP contribution in [0.1, 0.15) is 31.7 Å². The number of amidine groups is 1. The Morgan fingerprint density at radius 1 is 1.24 bits per heavy atom. The summed E-state index contributed by atoms with van der Waals surface area (Å²) >= 11 is 2.68. The molecular formula is C20H25N3O3S3. The Labute approximate surface area is 180 Å². The highest BCUT2D eigenvalue weighted by Crippen LogP contribution is 2.29. The van der Waals surface area contributed by atoms with E-state index in [9.17, 15) is 13.2 Å². The first-order valence-electron chi connectivity index (χ1n) is 9.41. The van der Waals surface area contributed by atoms with Crippen molar-refractivity contribution >= 4 is 49.9 Å². The van der Waals surface area contributed by atoms with E-state index in [1.54, 1.807) is 22.4 Å². The van der Waals surface area contributed by atoms with Crippen molar-refractivity contribution in [3.63, 3.8) is 0 Å². The van der Waals surface area contributed by atoms with Crippen molar-refractivity contribution in [1.29, 1.82) is 0 Å². The molecule has 156 valence electrons. The van der Waals surface area contributed by atoms with Crippen molar-refractivity contribution < 1.29 is 13.2 Å². The van der Waals surface area contributed by atoms with Crippen LogP contribution in [0.5, 0.6) is 0 Å². The number of amides is 1. The molecule has 1 amide bonds. The summed E-state index contributed by atoms with van der Waals surface area (Å²) in [6.07, 6.45) is 0.850. The van der Waals surface area contributed by atoms with Gasteiger partial charge in [-0.15, -0.1) is 11.3 Å². The smallest absolute Gasteiger partial charge is 0.252 e. The molecule has 0 unspecified atom stereocenters. The molecule has 1 aliphatic rings. The summed E-state index contributed by atoms with van der Waals surface area (Å²) in [6.45, 7) is 4.55. The SMILES string of the molecule is CC(C)c1ccccc1N=C1SCCCN1C(=O)CN(C)S(=O)(=O)c1cccs1. The normalized spacial score (nSPS) is 16.7. The number of hydrogen-bond donors (Lipinski definition) is 0. The quantitative estimate of drug-likeness (QED) is 0.662. The number of rotatable bonds is 6. The van der Waals surface area contributed by atoms with E-state index in [0.717, 1.165) is 39.1 Å². The molecule has 0 spiro atoms. The number of aliphatic imine (C=N–C) groups is 1. The topological polar surface area (TPSA) is 70.1 Å². The number of thioether (sulfide) groups is 1. The number of hydrogen-bond acceptors (Lipinski definition) is 6. The van der Waals surface area contributed by atoms with Gasteiger partial charge in [-0.25, -0.2) is 13.4 Å². The van der Waals surface area contributed by atoms with Crippen molar-refractivity contribution in [3.05, 3.63) is 47.3 Å². The van der Waals surface area contributed by atoms with Crippen LogP contribution < -0.4 is 0 Å². The first-order chi connectivity index (χ1) is 13.8. The predicted molar refractivity (Wildman–Crippen MR) is 121 cm³/mol. The molecule has 1 saturated heterocycles. The maximum Gasteiger partial charge on any atom is 0.252 e. The zero-order chi connectivity index (χ0) is 21.0. The van der Waals surface area contributed by atoms with Crippen LogP contribution in [0.3, 0.4) is 0 Å². The lowest BCUT2D eigenvalue weighted by atomic mass is 10.0. The fourth-order valence-electron chi connectivity index (χ4n) is 2.99. The van der Waals surface area contributed by atoms with Gasteiger partial charge < -0.3 is 0 Å². The minimum absolute atomic E-state index is 0.217. The first-order valence-corrected chi connectivity index (χ1v) is 12.7. The lowest BCUT2D eigenvalue weighted by Crippen LogP contribution is -2.45. The average Bonchev–Trinajstić information content (AvgIpc) is 3.24. The van der Waals surface area contributed by atoms with E-state index in [2.05, 4.69) is 13.8 Å². The standard InChI is InChI=1S/C20H25N3O3S3/c1-15(2)16-8-4-5-9-17(16)21-20-23(11-7-13-28-20)18(24)14-22(3)29(25,26)19-10-6-12-27-19/h4-6,8-10,12,15H,7,11,13-14H2,1-3H3. The van der Waals surface area contributed by atoms with Crippen LogP contribution in [-0.4, -0.2) is 54.6 Å². The van der Waals surface area contributed by atoms with Crippen molar-refractivity contribution in [3.8, 4) is 0 Å². The number of benzene rings is 1. The van der Waals surface area contributed by atoms with E-state index in [4.69, 9.17) is 4.99 Å². The molecule has 29 heavy (non-hydrogen) atoms. The summed E-state index contributed by atoms with van der Waals surface area (Å²) in [5.41, 5.74) is 1.97. The van der Waals surface area contributed by atoms with Gasteiger partial charge in [0.05, 0.1) is 12.2 Å². The van der Waals surface area contributed by atoms with E-state index in [1.165, 1.54) is 18.8 Å². The zero-order valence-corrected chi connectivity index (χ0v) is 19.2. The Balaban J connectivity index is 1.82. The second-order valence-electron chi connectivity index (χ2n) is 7.05. The van der Waals surface area contributed by atoms with Crippen LogP contribution in [0.2, 0.25) is 0 Å². The Hall–Kier alpha value is -1.68. The molecule has 0 radical (unpaired) electrons. The second-order valence-corrected chi connectivity index (χ2v) is 11.3. The van der Waals surface area contributed by atoms with E-state index in [1.807, 2.05) is 24.3 Å². The van der Waals surface area contributed by atoms with E-state index >= 15 is 0 Å². The Morgan fingerprint density at radius 3 is 2.69 bits per heavy atom. The number of carbonyl (C=O) groups excluding carboxylic acids is 1. The summed E-state index contributed by atoms with van der Waals surface area (Å²) in [4.78, 5) is 19.4. The van der Waals surface area contributed by atoms with Gasteiger partial charge in [0.25, 0.3) is 10.0 Å². The van der Waals surface area contributed by atoms with Crippen LogP contribution in [0.15, 0.2) is 51.0 Å². The van der Waals surface area contributed by atoms with Crippen molar-refractivity contribution in [2.24, 2.45) is 4.99 Å². The van der Waals surface area contributed by atoms with Gasteiger partial charge in [-0.2, -0.15) is 4.31 Å². The molecule has 1 aliphatic heterocycles. The molecule has 1 aromatic carbocycles. The number of carbonyl (C=O) groups is 1. The monoisotopic (exact) mass is 451 g/mol. The van der Waals surface area contributed by atoms with Gasteiger partial charge in [-0.05, 0) is 35.4 Å². The predicted octanol–water partition coefficient (Wildman–Crippen LogP) is 4.15. The molecule has 0 saturated carbocycles. The summed E-state index contributed by atoms with van der Waals surface area (Å²) < 4.78 is 26.6. The molecule has 3 rings (SSSR count). The molecule has 0 N–H and O–H groups in total. The Morgan fingerprint density at radius 2 is 2.00 bits per heavy atom. The molecule has 1 fully saturated rings. The van der Waals surface area contributed by atoms with Crippen LogP contribution in [0, 0.1) is 0 Å². The highest BCUT2D eigenvalue weighted by atomic mass is 32.2. The van der Waals surface area contributed by atoms with Crippen LogP contribution in [0.25, 0.3) is 0 Å². The van der Waals surface area contributed by atoms with Crippen molar-refractivity contribution in [1.82, 2.24) is 9.21 Å². The maximum absolute atomic E-state index is 13.0. The fraction of sp³-hybridized carbons (Fsp3) is 0.400. The number of sulfonamides is 1. The number of likely N-dealkylation sites (N-methyl/N-ethyl adjacent to an activating group) is 1. The third kappa shape index (κ3) is 5.09. The zero-order valence-electron chi connectivity index (χ0n) is 16.7. The molecular weight excluding hydrogens is 426 g/mol. The van der Waals surface area contributed by atoms with Gasteiger partial charge in [-0.3, -0.25) is 9.69 Å². The largest absolute Gasteiger partial charge is 0.290 e. The molecule has 6 nitrogen and oxygen atoms in total. The summed E-state index contributed by atoms with van der Waals surface area (Å²) in [5, 5.41) is 2.34. The van der Waals surface area contributed by atoms with Gasteiger partial charge in [0.2, 0.25) is 5.91 Å². The first kappa shape index (κ1) is 22.0. The minimum Gasteiger partial charge on any atom is -0.290 e. The third-order valence-electron chi connectivity index (χ3n) is 4.58. The average molecular weight is 452 g/mol. The van der Waals surface area contributed by atoms with Crippen LogP contribution in [0.4, 0.5) is 5.69 Å². The second kappa shape index (κ2) is 9.42.